The summed E-state index contributed by atoms with van der Waals surface area (Å²) in [5.74, 6) is -0.701. The third-order valence-corrected chi connectivity index (χ3v) is 6.60. The van der Waals surface area contributed by atoms with Gasteiger partial charge >= 0.3 is 5.97 Å². The van der Waals surface area contributed by atoms with Crippen LogP contribution in [0.2, 0.25) is 0 Å². The molecule has 0 bridgehead atoms. The van der Waals surface area contributed by atoms with Crippen LogP contribution < -0.4 is 0 Å². The van der Waals surface area contributed by atoms with Crippen LogP contribution in [-0.4, -0.2) is 22.7 Å². The Kier molecular flexibility index (Phi) is 2.34. The smallest absolute Gasteiger partial charge is 0.311 e. The first-order valence-electron chi connectivity index (χ1n) is 7.97. The second-order valence-electron chi connectivity index (χ2n) is 7.76. The lowest BCUT2D eigenvalue weighted by molar-refractivity contribution is -0.313. The van der Waals surface area contributed by atoms with E-state index < -0.39 is 11.6 Å². The lowest BCUT2D eigenvalue weighted by atomic mass is 9.59. The van der Waals surface area contributed by atoms with Gasteiger partial charge in [-0.05, 0) is 37.5 Å². The van der Waals surface area contributed by atoms with Crippen molar-refractivity contribution in [3.05, 3.63) is 0 Å². The molecule has 20 heavy (non-hydrogen) atoms. The number of rotatable bonds is 0. The highest BCUT2D eigenvalue weighted by Crippen LogP contribution is 2.77. The molecule has 0 radical (unpaired) electrons. The summed E-state index contributed by atoms with van der Waals surface area (Å²) in [4.78, 5) is 12.2. The molecular weight excluding hydrogens is 256 g/mol. The number of carbonyl (C=O) groups excluding carboxylic acids is 1. The molecule has 4 rings (SSSR count). The average Bonchev–Trinajstić information content (AvgIpc) is 2.96. The van der Waals surface area contributed by atoms with Crippen molar-refractivity contribution in [2.45, 2.75) is 64.4 Å². The zero-order chi connectivity index (χ0) is 14.3. The van der Waals surface area contributed by atoms with Crippen LogP contribution in [-0.2, 0) is 14.3 Å². The zero-order valence-electron chi connectivity index (χ0n) is 12.5. The third kappa shape index (κ3) is 1.37. The number of ether oxygens (including phenoxy) is 2. The van der Waals surface area contributed by atoms with Crippen LogP contribution in [0.15, 0.2) is 0 Å². The van der Waals surface area contributed by atoms with E-state index in [2.05, 4.69) is 6.92 Å². The minimum atomic E-state index is -1.17. The molecule has 4 heteroatoms. The van der Waals surface area contributed by atoms with Crippen molar-refractivity contribution in [3.63, 3.8) is 0 Å². The standard InChI is InChI=1S/C16H24O4/c1-9-4-5-12-10(2)13(17)19-16-8-15(12,16)11(9)6-7-14(3,18)20-16/h9-12,18H,4-8H2,1-3H3/t9-,10-,11?,12?,14+,15+,16+/m1/s1. The zero-order valence-corrected chi connectivity index (χ0v) is 12.5. The van der Waals surface area contributed by atoms with E-state index in [9.17, 15) is 9.90 Å². The topological polar surface area (TPSA) is 55.8 Å². The van der Waals surface area contributed by atoms with Gasteiger partial charge in [-0.25, -0.2) is 0 Å². The van der Waals surface area contributed by atoms with Crippen LogP contribution in [0.1, 0.15) is 52.9 Å². The van der Waals surface area contributed by atoms with Gasteiger partial charge < -0.3 is 14.6 Å². The first-order valence-corrected chi connectivity index (χ1v) is 7.97. The molecule has 2 aliphatic heterocycles. The van der Waals surface area contributed by atoms with Crippen LogP contribution in [0.4, 0.5) is 0 Å². The molecule has 4 aliphatic rings. The number of esters is 1. The molecule has 112 valence electrons. The van der Waals surface area contributed by atoms with E-state index in [1.165, 1.54) is 6.42 Å². The maximum Gasteiger partial charge on any atom is 0.311 e. The molecule has 2 aliphatic carbocycles. The van der Waals surface area contributed by atoms with Crippen molar-refractivity contribution in [1.82, 2.24) is 0 Å². The van der Waals surface area contributed by atoms with Gasteiger partial charge in [-0.2, -0.15) is 0 Å². The lowest BCUT2D eigenvalue weighted by Gasteiger charge is -2.48. The fourth-order valence-electron chi connectivity index (χ4n) is 5.62. The van der Waals surface area contributed by atoms with Crippen LogP contribution in [0.5, 0.6) is 0 Å². The van der Waals surface area contributed by atoms with E-state index in [1.54, 1.807) is 6.92 Å². The van der Waals surface area contributed by atoms with Crippen molar-refractivity contribution in [1.29, 1.82) is 0 Å². The van der Waals surface area contributed by atoms with Crippen molar-refractivity contribution in [2.75, 3.05) is 0 Å². The van der Waals surface area contributed by atoms with Crippen molar-refractivity contribution in [2.24, 2.45) is 29.1 Å². The second kappa shape index (κ2) is 3.58. The van der Waals surface area contributed by atoms with Crippen molar-refractivity contribution < 1.29 is 19.4 Å². The predicted molar refractivity (Wildman–Crippen MR) is 71.4 cm³/mol. The summed E-state index contributed by atoms with van der Waals surface area (Å²) in [5, 5.41) is 10.4. The lowest BCUT2D eigenvalue weighted by Crippen LogP contribution is -2.52. The van der Waals surface area contributed by atoms with E-state index in [-0.39, 0.29) is 17.3 Å². The molecule has 4 nitrogen and oxygen atoms in total. The highest BCUT2D eigenvalue weighted by molar-refractivity contribution is 5.75. The summed E-state index contributed by atoms with van der Waals surface area (Å²) >= 11 is 0. The Morgan fingerprint density at radius 2 is 1.95 bits per heavy atom. The molecule has 0 aromatic heterocycles. The van der Waals surface area contributed by atoms with E-state index in [0.717, 1.165) is 19.3 Å². The van der Waals surface area contributed by atoms with Gasteiger partial charge in [0.05, 0.1) is 5.92 Å². The molecule has 2 unspecified atom stereocenters. The van der Waals surface area contributed by atoms with Gasteiger partial charge in [0.15, 0.2) is 5.79 Å². The molecule has 7 atom stereocenters. The Bertz CT molecular complexity index is 473. The average molecular weight is 280 g/mol. The van der Waals surface area contributed by atoms with E-state index in [0.29, 0.717) is 24.2 Å². The number of aliphatic hydroxyl groups is 1. The Morgan fingerprint density at radius 3 is 2.70 bits per heavy atom. The number of hydrogen-bond acceptors (Lipinski definition) is 4. The summed E-state index contributed by atoms with van der Waals surface area (Å²) in [6.45, 7) is 6.01. The molecule has 2 saturated heterocycles. The van der Waals surface area contributed by atoms with E-state index in [4.69, 9.17) is 9.47 Å². The van der Waals surface area contributed by atoms with Crippen LogP contribution in [0.3, 0.4) is 0 Å². The number of carbonyl (C=O) groups is 1. The van der Waals surface area contributed by atoms with Gasteiger partial charge in [-0.1, -0.05) is 20.3 Å². The highest BCUT2D eigenvalue weighted by atomic mass is 16.8. The van der Waals surface area contributed by atoms with E-state index >= 15 is 0 Å². The summed E-state index contributed by atoms with van der Waals surface area (Å²) in [7, 11) is 0. The fraction of sp³-hybridized carbons (Fsp3) is 0.938. The first-order chi connectivity index (χ1) is 9.31. The maximum atomic E-state index is 12.2. The predicted octanol–water partition coefficient (Wildman–Crippen LogP) is 2.45. The highest BCUT2D eigenvalue weighted by Gasteiger charge is 2.84. The summed E-state index contributed by atoms with van der Waals surface area (Å²) < 4.78 is 11.7. The third-order valence-electron chi connectivity index (χ3n) is 6.60. The largest absolute Gasteiger partial charge is 0.432 e. The molecule has 0 amide bonds. The molecule has 1 N–H and O–H groups in total. The van der Waals surface area contributed by atoms with Crippen LogP contribution >= 0.6 is 0 Å². The SMILES string of the molecule is C[C@@H]1CCC2[C@@H](C)C(=O)O[C@]34C[C@]23C1CC[C@@](C)(O)O4. The van der Waals surface area contributed by atoms with Gasteiger partial charge in [0.1, 0.15) is 0 Å². The Hall–Kier alpha value is -0.610. The minimum absolute atomic E-state index is 0.0293. The van der Waals surface area contributed by atoms with Gasteiger partial charge in [-0.3, -0.25) is 4.79 Å². The van der Waals surface area contributed by atoms with Gasteiger partial charge in [0.2, 0.25) is 5.79 Å². The molecule has 4 fully saturated rings. The van der Waals surface area contributed by atoms with Gasteiger partial charge in [0, 0.05) is 18.3 Å². The van der Waals surface area contributed by atoms with Crippen LogP contribution in [0, 0.1) is 29.1 Å². The van der Waals surface area contributed by atoms with E-state index in [1.807, 2.05) is 6.92 Å². The quantitative estimate of drug-likeness (QED) is 0.692. The van der Waals surface area contributed by atoms with Crippen molar-refractivity contribution in [3.8, 4) is 0 Å². The fourth-order valence-corrected chi connectivity index (χ4v) is 5.62. The molecule has 2 heterocycles. The molecule has 1 spiro atoms. The normalized spacial score (nSPS) is 60.9. The molecule has 0 aromatic carbocycles. The Morgan fingerprint density at radius 1 is 1.20 bits per heavy atom. The first kappa shape index (κ1) is 13.1. The summed E-state index contributed by atoms with van der Waals surface area (Å²) in [6, 6.07) is 0. The Balaban J connectivity index is 1.82. The maximum absolute atomic E-state index is 12.2. The van der Waals surface area contributed by atoms with Gasteiger partial charge in [0.25, 0.3) is 0 Å². The minimum Gasteiger partial charge on any atom is -0.432 e. The Labute approximate surface area is 119 Å². The summed E-state index contributed by atoms with van der Waals surface area (Å²) in [5.41, 5.74) is -0.0293. The van der Waals surface area contributed by atoms with Crippen LogP contribution in [0.25, 0.3) is 0 Å². The molecule has 2 saturated carbocycles. The van der Waals surface area contributed by atoms with Gasteiger partial charge in [-0.15, -0.1) is 0 Å². The second-order valence-corrected chi connectivity index (χ2v) is 7.76. The summed E-state index contributed by atoms with van der Waals surface area (Å²) in [6.07, 6.45) is 4.64. The monoisotopic (exact) mass is 280 g/mol. The number of hydrogen-bond donors (Lipinski definition) is 1. The molecule has 0 aromatic rings. The van der Waals surface area contributed by atoms with Crippen molar-refractivity contribution >= 4 is 5.97 Å². The molecular formula is C16H24O4.